The highest BCUT2D eigenvalue weighted by Crippen LogP contribution is 2.35. The van der Waals surface area contributed by atoms with Gasteiger partial charge in [0.05, 0.1) is 0 Å². The van der Waals surface area contributed by atoms with E-state index >= 15 is 0 Å². The molecule has 0 atom stereocenters. The van der Waals surface area contributed by atoms with Gasteiger partial charge in [0.15, 0.2) is 0 Å². The van der Waals surface area contributed by atoms with E-state index in [1.807, 2.05) is 61.5 Å². The molecule has 0 unspecified atom stereocenters. The lowest BCUT2D eigenvalue weighted by atomic mass is 10.0. The predicted molar refractivity (Wildman–Crippen MR) is 102 cm³/mol. The van der Waals surface area contributed by atoms with Gasteiger partial charge in [-0.1, -0.05) is 60.2 Å². The number of hydrogen-bond acceptors (Lipinski definition) is 4. The van der Waals surface area contributed by atoms with E-state index in [9.17, 15) is 14.7 Å². The fourth-order valence-electron chi connectivity index (χ4n) is 2.46. The van der Waals surface area contributed by atoms with Crippen LogP contribution in [0.4, 0.5) is 9.80 Å². The van der Waals surface area contributed by atoms with Crippen molar-refractivity contribution in [3.05, 3.63) is 76.7 Å². The molecular weight excluding hydrogens is 350 g/mol. The maximum atomic E-state index is 12.0. The molecule has 1 heterocycles. The standard InChI is InChI=1S/C20H17NO4S/c1-13-7-9-15(10-8-13)16-12-26-18(17(16)19(22)23)21-20(24)25-11-14-5-3-2-4-6-14/h2-10,12H,11H2,1H3,(H,21,24)(H,22,23). The van der Waals surface area contributed by atoms with Crippen molar-refractivity contribution >= 4 is 28.4 Å². The Bertz CT molecular complexity index is 917. The van der Waals surface area contributed by atoms with Gasteiger partial charge in [-0.3, -0.25) is 5.32 Å². The molecule has 2 aromatic carbocycles. The van der Waals surface area contributed by atoms with Crippen LogP contribution in [0.5, 0.6) is 0 Å². The minimum Gasteiger partial charge on any atom is -0.478 e. The van der Waals surface area contributed by atoms with Crippen LogP contribution >= 0.6 is 11.3 Å². The fourth-order valence-corrected chi connectivity index (χ4v) is 3.41. The van der Waals surface area contributed by atoms with Crippen molar-refractivity contribution in [2.24, 2.45) is 0 Å². The molecule has 132 valence electrons. The number of thiophene rings is 1. The minimum atomic E-state index is -1.10. The number of aromatic carboxylic acids is 1. The number of nitrogens with one attached hydrogen (secondary N) is 1. The van der Waals surface area contributed by atoms with E-state index in [-0.39, 0.29) is 17.2 Å². The minimum absolute atomic E-state index is 0.0653. The molecule has 0 bridgehead atoms. The molecule has 0 saturated carbocycles. The summed E-state index contributed by atoms with van der Waals surface area (Å²) in [5.74, 6) is -1.10. The summed E-state index contributed by atoms with van der Waals surface area (Å²) in [4.78, 5) is 23.8. The number of hydrogen-bond donors (Lipinski definition) is 2. The summed E-state index contributed by atoms with van der Waals surface area (Å²) in [5.41, 5.74) is 3.36. The van der Waals surface area contributed by atoms with Crippen molar-refractivity contribution in [1.29, 1.82) is 0 Å². The zero-order chi connectivity index (χ0) is 18.5. The average molecular weight is 367 g/mol. The summed E-state index contributed by atoms with van der Waals surface area (Å²) < 4.78 is 5.16. The van der Waals surface area contributed by atoms with Crippen molar-refractivity contribution in [3.63, 3.8) is 0 Å². The number of ether oxygens (including phenoxy) is 1. The van der Waals surface area contributed by atoms with Crippen molar-refractivity contribution in [1.82, 2.24) is 0 Å². The smallest absolute Gasteiger partial charge is 0.412 e. The summed E-state index contributed by atoms with van der Waals surface area (Å²) in [6.07, 6.45) is -0.686. The summed E-state index contributed by atoms with van der Waals surface area (Å²) in [6, 6.07) is 16.8. The lowest BCUT2D eigenvalue weighted by Gasteiger charge is -2.07. The summed E-state index contributed by atoms with van der Waals surface area (Å²) >= 11 is 1.16. The second kappa shape index (κ2) is 7.84. The Labute approximate surface area is 154 Å². The van der Waals surface area contributed by atoms with Gasteiger partial charge in [-0.15, -0.1) is 11.3 Å². The van der Waals surface area contributed by atoms with Crippen LogP contribution in [0.25, 0.3) is 11.1 Å². The molecule has 0 fully saturated rings. The molecule has 0 aliphatic rings. The van der Waals surface area contributed by atoms with Gasteiger partial charge in [0.1, 0.15) is 17.2 Å². The summed E-state index contributed by atoms with van der Waals surface area (Å²) in [7, 11) is 0. The SMILES string of the molecule is Cc1ccc(-c2csc(NC(=O)OCc3ccccc3)c2C(=O)O)cc1. The molecule has 1 amide bonds. The summed E-state index contributed by atoms with van der Waals surface area (Å²) in [5, 5.41) is 14.1. The molecule has 6 heteroatoms. The Balaban J connectivity index is 1.76. The quantitative estimate of drug-likeness (QED) is 0.652. The molecule has 1 aromatic heterocycles. The first-order valence-corrected chi connectivity index (χ1v) is 8.82. The molecule has 5 nitrogen and oxygen atoms in total. The van der Waals surface area contributed by atoms with Crippen LogP contribution < -0.4 is 5.32 Å². The van der Waals surface area contributed by atoms with Gasteiger partial charge in [0.25, 0.3) is 0 Å². The predicted octanol–water partition coefficient (Wildman–Crippen LogP) is 5.17. The number of carboxylic acids is 1. The Hall–Kier alpha value is -3.12. The van der Waals surface area contributed by atoms with E-state index in [1.54, 1.807) is 5.38 Å². The second-order valence-electron chi connectivity index (χ2n) is 5.71. The van der Waals surface area contributed by atoms with Gasteiger partial charge >= 0.3 is 12.1 Å². The molecule has 26 heavy (non-hydrogen) atoms. The summed E-state index contributed by atoms with van der Waals surface area (Å²) in [6.45, 7) is 2.08. The number of carbonyl (C=O) groups excluding carboxylic acids is 1. The van der Waals surface area contributed by atoms with Gasteiger partial charge in [-0.05, 0) is 18.1 Å². The molecule has 0 radical (unpaired) electrons. The fraction of sp³-hybridized carbons (Fsp3) is 0.100. The average Bonchev–Trinajstić information content (AvgIpc) is 3.05. The van der Waals surface area contributed by atoms with Gasteiger partial charge in [-0.25, -0.2) is 9.59 Å². The van der Waals surface area contributed by atoms with E-state index in [4.69, 9.17) is 4.74 Å². The molecule has 0 aliphatic carbocycles. The molecule has 3 rings (SSSR count). The Morgan fingerprint density at radius 1 is 1.08 bits per heavy atom. The van der Waals surface area contributed by atoms with Crippen LogP contribution in [0.1, 0.15) is 21.5 Å². The van der Waals surface area contributed by atoms with Crippen LogP contribution in [0.2, 0.25) is 0 Å². The highest BCUT2D eigenvalue weighted by molar-refractivity contribution is 7.15. The number of carboxylic acid groups (broad SMARTS) is 1. The number of rotatable bonds is 5. The highest BCUT2D eigenvalue weighted by Gasteiger charge is 2.21. The second-order valence-corrected chi connectivity index (χ2v) is 6.59. The molecule has 3 aromatic rings. The topological polar surface area (TPSA) is 75.6 Å². The first kappa shape index (κ1) is 17.7. The van der Waals surface area contributed by atoms with Crippen molar-refractivity contribution < 1.29 is 19.4 Å². The van der Waals surface area contributed by atoms with Crippen LogP contribution in [-0.4, -0.2) is 17.2 Å². The molecule has 0 spiro atoms. The van der Waals surface area contributed by atoms with E-state index in [0.29, 0.717) is 5.56 Å². The monoisotopic (exact) mass is 367 g/mol. The van der Waals surface area contributed by atoms with Gasteiger partial charge < -0.3 is 9.84 Å². The number of aryl methyl sites for hydroxylation is 1. The van der Waals surface area contributed by atoms with Crippen molar-refractivity contribution in [2.45, 2.75) is 13.5 Å². The lowest BCUT2D eigenvalue weighted by molar-refractivity contribution is 0.0699. The number of amides is 1. The molecule has 2 N–H and O–H groups in total. The largest absolute Gasteiger partial charge is 0.478 e. The Morgan fingerprint density at radius 3 is 2.42 bits per heavy atom. The van der Waals surface area contributed by atoms with Gasteiger partial charge in [0.2, 0.25) is 0 Å². The number of carbonyl (C=O) groups is 2. The van der Waals surface area contributed by atoms with Crippen LogP contribution in [0.3, 0.4) is 0 Å². The maximum Gasteiger partial charge on any atom is 0.412 e. The Kier molecular flexibility index (Phi) is 5.34. The van der Waals surface area contributed by atoms with E-state index in [0.717, 1.165) is 28.0 Å². The van der Waals surface area contributed by atoms with Gasteiger partial charge in [-0.2, -0.15) is 0 Å². The van der Waals surface area contributed by atoms with Crippen molar-refractivity contribution in [2.75, 3.05) is 5.32 Å². The first-order valence-electron chi connectivity index (χ1n) is 7.94. The first-order chi connectivity index (χ1) is 12.5. The van der Waals surface area contributed by atoms with Crippen LogP contribution in [0.15, 0.2) is 60.0 Å². The zero-order valence-corrected chi connectivity index (χ0v) is 14.9. The highest BCUT2D eigenvalue weighted by atomic mass is 32.1. The third-order valence-electron chi connectivity index (χ3n) is 3.80. The maximum absolute atomic E-state index is 12.0. The van der Waals surface area contributed by atoms with Crippen molar-refractivity contribution in [3.8, 4) is 11.1 Å². The molecule has 0 saturated heterocycles. The molecular formula is C20H17NO4S. The normalized spacial score (nSPS) is 10.3. The van der Waals surface area contributed by atoms with Crippen LogP contribution in [-0.2, 0) is 11.3 Å². The Morgan fingerprint density at radius 2 is 1.77 bits per heavy atom. The third-order valence-corrected chi connectivity index (χ3v) is 4.69. The number of anilines is 1. The van der Waals surface area contributed by atoms with E-state index in [2.05, 4.69) is 5.32 Å². The third kappa shape index (κ3) is 4.10. The van der Waals surface area contributed by atoms with Crippen LogP contribution in [0, 0.1) is 6.92 Å². The van der Waals surface area contributed by atoms with E-state index in [1.165, 1.54) is 0 Å². The van der Waals surface area contributed by atoms with Gasteiger partial charge in [0, 0.05) is 10.9 Å². The van der Waals surface area contributed by atoms with E-state index < -0.39 is 12.1 Å². The molecule has 0 aliphatic heterocycles. The zero-order valence-electron chi connectivity index (χ0n) is 14.1. The number of benzene rings is 2. The lowest BCUT2D eigenvalue weighted by Crippen LogP contribution is -2.14.